The van der Waals surface area contributed by atoms with Gasteiger partial charge in [0.25, 0.3) is 10.0 Å². The largest absolute Gasteiger partial charge is 0.495 e. The first-order chi connectivity index (χ1) is 19.5. The van der Waals surface area contributed by atoms with Gasteiger partial charge in [-0.25, -0.2) is 8.42 Å². The molecule has 220 valence electrons. The zero-order valence-corrected chi connectivity index (χ0v) is 26.3. The number of halogens is 2. The fourth-order valence-electron chi connectivity index (χ4n) is 4.10. The highest BCUT2D eigenvalue weighted by Gasteiger charge is 2.34. The summed E-state index contributed by atoms with van der Waals surface area (Å²) in [7, 11) is 1.24. The third-order valence-electron chi connectivity index (χ3n) is 6.29. The second kappa shape index (κ2) is 13.9. The Morgan fingerprint density at radius 1 is 0.951 bits per heavy atom. The van der Waals surface area contributed by atoms with Crippen molar-refractivity contribution in [2.75, 3.05) is 39.2 Å². The van der Waals surface area contributed by atoms with E-state index >= 15 is 0 Å². The van der Waals surface area contributed by atoms with E-state index in [1.807, 2.05) is 12.1 Å². The van der Waals surface area contributed by atoms with Gasteiger partial charge in [-0.15, -0.1) is 0 Å². The summed E-state index contributed by atoms with van der Waals surface area (Å²) in [4.78, 5) is 27.8. The highest BCUT2D eigenvalue weighted by Crippen LogP contribution is 2.37. The Bertz CT molecular complexity index is 1520. The molecule has 0 heterocycles. The van der Waals surface area contributed by atoms with Crippen LogP contribution in [0.5, 0.6) is 17.2 Å². The third kappa shape index (κ3) is 7.43. The van der Waals surface area contributed by atoms with Crippen LogP contribution < -0.4 is 23.8 Å². The molecule has 1 N–H and O–H groups in total. The van der Waals surface area contributed by atoms with Crippen molar-refractivity contribution in [1.82, 2.24) is 10.2 Å². The molecular formula is C28H31BrClN3O7S. The van der Waals surface area contributed by atoms with Crippen molar-refractivity contribution in [3.05, 3.63) is 75.7 Å². The molecule has 3 aromatic rings. The topological polar surface area (TPSA) is 114 Å². The minimum Gasteiger partial charge on any atom is -0.495 e. The van der Waals surface area contributed by atoms with Gasteiger partial charge >= 0.3 is 0 Å². The van der Waals surface area contributed by atoms with Crippen LogP contribution in [0.3, 0.4) is 0 Å². The van der Waals surface area contributed by atoms with Gasteiger partial charge in [0.1, 0.15) is 18.3 Å². The molecule has 41 heavy (non-hydrogen) atoms. The number of carbonyl (C=O) groups is 2. The molecule has 0 aliphatic heterocycles. The number of carbonyl (C=O) groups excluding carboxylic acids is 2. The number of sulfonamides is 1. The molecule has 0 aromatic heterocycles. The Kier molecular flexibility index (Phi) is 10.9. The summed E-state index contributed by atoms with van der Waals surface area (Å²) < 4.78 is 46.1. The standard InChI is InChI=1S/C28H31BrClN3O7S/c1-18(28(35)31-2)32(16-19-7-6-8-20(29)13-19)27(34)17-33(23-14-21(30)9-11-24(23)38-3)41(36,37)22-10-12-25(39-4)26(15-22)40-5/h6-15,18H,16-17H2,1-5H3,(H,31,35)/t18-/m1/s1. The minimum atomic E-state index is -4.42. The number of benzene rings is 3. The first-order valence-corrected chi connectivity index (χ1v) is 14.9. The number of rotatable bonds is 12. The summed E-state index contributed by atoms with van der Waals surface area (Å²) in [6, 6.07) is 14.9. The quantitative estimate of drug-likeness (QED) is 0.303. The highest BCUT2D eigenvalue weighted by molar-refractivity contribution is 9.10. The zero-order valence-electron chi connectivity index (χ0n) is 23.2. The van der Waals surface area contributed by atoms with Crippen molar-refractivity contribution in [2.45, 2.75) is 24.4 Å². The first-order valence-electron chi connectivity index (χ1n) is 12.3. The van der Waals surface area contributed by atoms with Crippen molar-refractivity contribution in [3.8, 4) is 17.2 Å². The molecule has 0 aliphatic carbocycles. The molecule has 0 radical (unpaired) electrons. The molecule has 1 atom stereocenters. The van der Waals surface area contributed by atoms with E-state index in [0.29, 0.717) is 5.75 Å². The predicted octanol–water partition coefficient (Wildman–Crippen LogP) is 4.49. The summed E-state index contributed by atoms with van der Waals surface area (Å²) >= 11 is 9.69. The van der Waals surface area contributed by atoms with Crippen molar-refractivity contribution in [1.29, 1.82) is 0 Å². The lowest BCUT2D eigenvalue weighted by Crippen LogP contribution is -2.50. The smallest absolute Gasteiger partial charge is 0.265 e. The van der Waals surface area contributed by atoms with Crippen LogP contribution in [0.2, 0.25) is 5.02 Å². The Hall–Kier alpha value is -3.48. The van der Waals surface area contributed by atoms with Crippen LogP contribution in [-0.2, 0) is 26.2 Å². The van der Waals surface area contributed by atoms with Crippen molar-refractivity contribution < 1.29 is 32.2 Å². The molecule has 0 spiro atoms. The third-order valence-corrected chi connectivity index (χ3v) is 8.77. The molecule has 10 nitrogen and oxygen atoms in total. The lowest BCUT2D eigenvalue weighted by atomic mass is 10.1. The van der Waals surface area contributed by atoms with Crippen LogP contribution >= 0.6 is 27.5 Å². The molecule has 0 unspecified atom stereocenters. The summed E-state index contributed by atoms with van der Waals surface area (Å²) in [5.41, 5.74) is 0.774. The van der Waals surface area contributed by atoms with Gasteiger partial charge in [-0.05, 0) is 55.0 Å². The van der Waals surface area contributed by atoms with Gasteiger partial charge in [0.15, 0.2) is 11.5 Å². The Morgan fingerprint density at radius 3 is 2.22 bits per heavy atom. The molecule has 0 saturated heterocycles. The lowest BCUT2D eigenvalue weighted by Gasteiger charge is -2.32. The van der Waals surface area contributed by atoms with Gasteiger partial charge < -0.3 is 24.4 Å². The van der Waals surface area contributed by atoms with E-state index in [1.165, 1.54) is 63.6 Å². The second-order valence-electron chi connectivity index (χ2n) is 8.79. The number of nitrogens with one attached hydrogen (secondary N) is 1. The molecule has 3 aromatic carbocycles. The Labute approximate surface area is 253 Å². The number of amides is 2. The predicted molar refractivity (Wildman–Crippen MR) is 160 cm³/mol. The molecule has 13 heteroatoms. The summed E-state index contributed by atoms with van der Waals surface area (Å²) in [6.07, 6.45) is 0. The number of hydrogen-bond donors (Lipinski definition) is 1. The van der Waals surface area contributed by atoms with E-state index in [9.17, 15) is 18.0 Å². The van der Waals surface area contributed by atoms with Crippen molar-refractivity contribution >= 4 is 55.1 Å². The lowest BCUT2D eigenvalue weighted by molar-refractivity contribution is -0.139. The average molecular weight is 669 g/mol. The molecule has 0 fully saturated rings. The van der Waals surface area contributed by atoms with Crippen LogP contribution in [0.4, 0.5) is 5.69 Å². The fourth-order valence-corrected chi connectivity index (χ4v) is 6.14. The molecule has 3 rings (SSSR count). The molecule has 0 saturated carbocycles. The molecule has 0 bridgehead atoms. The number of methoxy groups -OCH3 is 3. The van der Waals surface area contributed by atoms with E-state index < -0.39 is 34.4 Å². The van der Waals surface area contributed by atoms with Gasteiger partial charge in [-0.1, -0.05) is 39.7 Å². The van der Waals surface area contributed by atoms with Crippen LogP contribution in [0.25, 0.3) is 0 Å². The first kappa shape index (κ1) is 32.0. The summed E-state index contributed by atoms with van der Waals surface area (Å²) in [5, 5.41) is 2.78. The normalized spacial score (nSPS) is 11.8. The number of ether oxygens (including phenoxy) is 3. The van der Waals surface area contributed by atoms with Crippen LogP contribution in [0.1, 0.15) is 12.5 Å². The highest BCUT2D eigenvalue weighted by atomic mass is 79.9. The molecule has 0 aliphatic rings. The van der Waals surface area contributed by atoms with Crippen LogP contribution in [0.15, 0.2) is 70.0 Å². The average Bonchev–Trinajstić information content (AvgIpc) is 2.97. The molecule has 2 amide bonds. The van der Waals surface area contributed by atoms with E-state index in [0.717, 1.165) is 14.3 Å². The number of nitrogens with zero attached hydrogens (tertiary/aromatic N) is 2. The maximum Gasteiger partial charge on any atom is 0.265 e. The van der Waals surface area contributed by atoms with Crippen LogP contribution in [0, 0.1) is 0 Å². The number of anilines is 1. The van der Waals surface area contributed by atoms with E-state index in [4.69, 9.17) is 25.8 Å². The van der Waals surface area contributed by atoms with Gasteiger partial charge in [0, 0.05) is 29.2 Å². The fraction of sp³-hybridized carbons (Fsp3) is 0.286. The van der Waals surface area contributed by atoms with Gasteiger partial charge in [0.05, 0.1) is 31.9 Å². The minimum absolute atomic E-state index is 0.0399. The van der Waals surface area contributed by atoms with Crippen molar-refractivity contribution in [3.63, 3.8) is 0 Å². The van der Waals surface area contributed by atoms with E-state index in [2.05, 4.69) is 21.2 Å². The Balaban J connectivity index is 2.15. The zero-order chi connectivity index (χ0) is 30.3. The number of hydrogen-bond acceptors (Lipinski definition) is 7. The summed E-state index contributed by atoms with van der Waals surface area (Å²) in [5.74, 6) is -0.365. The van der Waals surface area contributed by atoms with E-state index in [-0.39, 0.29) is 33.6 Å². The molecular weight excluding hydrogens is 638 g/mol. The monoisotopic (exact) mass is 667 g/mol. The van der Waals surface area contributed by atoms with Gasteiger partial charge in [-0.2, -0.15) is 0 Å². The number of likely N-dealkylation sites (N-methyl/N-ethyl adjacent to an activating group) is 1. The second-order valence-corrected chi connectivity index (χ2v) is 12.0. The maximum absolute atomic E-state index is 14.2. The van der Waals surface area contributed by atoms with Gasteiger partial charge in [0.2, 0.25) is 11.8 Å². The van der Waals surface area contributed by atoms with E-state index in [1.54, 1.807) is 25.1 Å². The Morgan fingerprint density at radius 2 is 1.61 bits per heavy atom. The van der Waals surface area contributed by atoms with Crippen molar-refractivity contribution in [2.24, 2.45) is 0 Å². The van der Waals surface area contributed by atoms with Crippen LogP contribution in [-0.4, -0.2) is 66.1 Å². The van der Waals surface area contributed by atoms with Gasteiger partial charge in [-0.3, -0.25) is 13.9 Å². The maximum atomic E-state index is 14.2. The SMILES string of the molecule is CNC(=O)[C@@H](C)N(Cc1cccc(Br)c1)C(=O)CN(c1cc(Cl)ccc1OC)S(=O)(=O)c1ccc(OC)c(OC)c1. The summed E-state index contributed by atoms with van der Waals surface area (Å²) in [6.45, 7) is 0.953.